The molecule has 0 heterocycles. The van der Waals surface area contributed by atoms with Gasteiger partial charge in [-0.25, -0.2) is 0 Å². The molecule has 0 aromatic heterocycles. The van der Waals surface area contributed by atoms with Crippen LogP contribution >= 0.6 is 0 Å². The second-order valence-corrected chi connectivity index (χ2v) is 4.23. The molecule has 0 aliphatic carbocycles. The van der Waals surface area contributed by atoms with Crippen LogP contribution < -0.4 is 16.8 Å². The van der Waals surface area contributed by atoms with Gasteiger partial charge in [0.05, 0.1) is 4.92 Å². The Morgan fingerprint density at radius 2 is 2.00 bits per heavy atom. The molecule has 0 saturated carbocycles. The lowest BCUT2D eigenvalue weighted by molar-refractivity contribution is -0.384. The van der Waals surface area contributed by atoms with Crippen molar-refractivity contribution in [3.05, 3.63) is 39.9 Å². The molecule has 0 aliphatic rings. The summed E-state index contributed by atoms with van der Waals surface area (Å²) in [6.07, 6.45) is 1.64. The van der Waals surface area contributed by atoms with Gasteiger partial charge in [0, 0.05) is 24.7 Å². The Kier molecular flexibility index (Phi) is 6.27. The molecule has 1 aromatic rings. The summed E-state index contributed by atoms with van der Waals surface area (Å²) in [5.74, 6) is 0. The van der Waals surface area contributed by atoms with Gasteiger partial charge >= 0.3 is 0 Å². The Morgan fingerprint density at radius 1 is 1.33 bits per heavy atom. The monoisotopic (exact) mass is 252 g/mol. The molecule has 100 valence electrons. The van der Waals surface area contributed by atoms with Crippen LogP contribution in [0.25, 0.3) is 0 Å². The van der Waals surface area contributed by atoms with Crippen LogP contribution in [0.15, 0.2) is 24.3 Å². The maximum atomic E-state index is 10.5. The van der Waals surface area contributed by atoms with E-state index in [9.17, 15) is 10.1 Å². The lowest BCUT2D eigenvalue weighted by Gasteiger charge is -2.12. The second-order valence-electron chi connectivity index (χ2n) is 4.23. The Bertz CT molecular complexity index is 367. The van der Waals surface area contributed by atoms with Crippen molar-refractivity contribution in [1.29, 1.82) is 0 Å². The van der Waals surface area contributed by atoms with E-state index in [0.717, 1.165) is 25.1 Å². The Balaban J connectivity index is 2.35. The summed E-state index contributed by atoms with van der Waals surface area (Å²) in [4.78, 5) is 10.1. The Hall–Kier alpha value is -1.50. The largest absolute Gasteiger partial charge is 0.330 e. The SMILES string of the molecule is NCCCNCC(N)Cc1ccc([N+](=O)[O-])cc1. The van der Waals surface area contributed by atoms with Gasteiger partial charge in [-0.3, -0.25) is 10.1 Å². The van der Waals surface area contributed by atoms with E-state index < -0.39 is 4.92 Å². The first kappa shape index (κ1) is 14.6. The molecule has 0 aliphatic heterocycles. The standard InChI is InChI=1S/C12H20N4O2/c13-6-1-7-15-9-11(14)8-10-2-4-12(5-3-10)16(17)18/h2-5,11,15H,1,6-9,13-14H2. The minimum Gasteiger partial charge on any atom is -0.330 e. The fourth-order valence-corrected chi connectivity index (χ4v) is 1.64. The molecule has 1 unspecified atom stereocenters. The first-order chi connectivity index (χ1) is 8.63. The third-order valence-electron chi connectivity index (χ3n) is 2.61. The highest BCUT2D eigenvalue weighted by molar-refractivity contribution is 5.33. The van der Waals surface area contributed by atoms with Crippen LogP contribution in [0.4, 0.5) is 5.69 Å². The van der Waals surface area contributed by atoms with Gasteiger partial charge in [0.15, 0.2) is 0 Å². The molecule has 0 amide bonds. The molecular weight excluding hydrogens is 232 g/mol. The Labute approximate surface area is 107 Å². The highest BCUT2D eigenvalue weighted by atomic mass is 16.6. The van der Waals surface area contributed by atoms with Crippen molar-refractivity contribution in [3.8, 4) is 0 Å². The van der Waals surface area contributed by atoms with Gasteiger partial charge in [-0.1, -0.05) is 12.1 Å². The van der Waals surface area contributed by atoms with Crippen molar-refractivity contribution >= 4 is 5.69 Å². The van der Waals surface area contributed by atoms with Gasteiger partial charge < -0.3 is 16.8 Å². The molecule has 0 fully saturated rings. The molecule has 0 radical (unpaired) electrons. The summed E-state index contributed by atoms with van der Waals surface area (Å²) in [6.45, 7) is 2.26. The number of hydrogen-bond acceptors (Lipinski definition) is 5. The van der Waals surface area contributed by atoms with Crippen LogP contribution in [0, 0.1) is 10.1 Å². The first-order valence-corrected chi connectivity index (χ1v) is 6.03. The van der Waals surface area contributed by atoms with Crippen LogP contribution in [-0.4, -0.2) is 30.6 Å². The Morgan fingerprint density at radius 3 is 2.56 bits per heavy atom. The summed E-state index contributed by atoms with van der Waals surface area (Å²) >= 11 is 0. The quantitative estimate of drug-likeness (QED) is 0.353. The van der Waals surface area contributed by atoms with Gasteiger partial charge in [0.2, 0.25) is 0 Å². The van der Waals surface area contributed by atoms with Gasteiger partial charge in [0.25, 0.3) is 5.69 Å². The van der Waals surface area contributed by atoms with E-state index in [4.69, 9.17) is 11.5 Å². The van der Waals surface area contributed by atoms with E-state index in [1.165, 1.54) is 12.1 Å². The number of hydrogen-bond donors (Lipinski definition) is 3. The molecule has 18 heavy (non-hydrogen) atoms. The zero-order valence-corrected chi connectivity index (χ0v) is 10.3. The van der Waals surface area contributed by atoms with Crippen LogP contribution in [-0.2, 0) is 6.42 Å². The van der Waals surface area contributed by atoms with E-state index in [2.05, 4.69) is 5.32 Å². The van der Waals surface area contributed by atoms with E-state index in [-0.39, 0.29) is 11.7 Å². The van der Waals surface area contributed by atoms with E-state index in [1.807, 2.05) is 0 Å². The topological polar surface area (TPSA) is 107 Å². The number of nitrogens with two attached hydrogens (primary N) is 2. The third kappa shape index (κ3) is 5.22. The molecule has 5 N–H and O–H groups in total. The van der Waals surface area contributed by atoms with Crippen molar-refractivity contribution in [2.45, 2.75) is 18.9 Å². The minimum absolute atomic E-state index is 0.00392. The van der Waals surface area contributed by atoms with E-state index >= 15 is 0 Å². The maximum absolute atomic E-state index is 10.5. The zero-order valence-electron chi connectivity index (χ0n) is 10.3. The van der Waals surface area contributed by atoms with Crippen LogP contribution in [0.3, 0.4) is 0 Å². The van der Waals surface area contributed by atoms with E-state index in [0.29, 0.717) is 13.0 Å². The minimum atomic E-state index is -0.405. The molecule has 6 heteroatoms. The third-order valence-corrected chi connectivity index (χ3v) is 2.61. The average Bonchev–Trinajstić information content (AvgIpc) is 2.35. The fourth-order valence-electron chi connectivity index (χ4n) is 1.64. The average molecular weight is 252 g/mol. The van der Waals surface area contributed by atoms with Gasteiger partial charge in [-0.05, 0) is 31.5 Å². The maximum Gasteiger partial charge on any atom is 0.269 e. The van der Waals surface area contributed by atoms with Gasteiger partial charge in [0.1, 0.15) is 0 Å². The number of nitrogens with zero attached hydrogens (tertiary/aromatic N) is 1. The lowest BCUT2D eigenvalue weighted by atomic mass is 10.1. The normalized spacial score (nSPS) is 12.3. The smallest absolute Gasteiger partial charge is 0.269 e. The molecule has 0 bridgehead atoms. The van der Waals surface area contributed by atoms with Crippen molar-refractivity contribution in [3.63, 3.8) is 0 Å². The van der Waals surface area contributed by atoms with Crippen molar-refractivity contribution in [1.82, 2.24) is 5.32 Å². The summed E-state index contributed by atoms with van der Waals surface area (Å²) in [7, 11) is 0. The molecule has 1 atom stereocenters. The van der Waals surface area contributed by atoms with Crippen molar-refractivity contribution < 1.29 is 4.92 Å². The summed E-state index contributed by atoms with van der Waals surface area (Å²) in [6, 6.07) is 6.51. The van der Waals surface area contributed by atoms with Crippen LogP contribution in [0.1, 0.15) is 12.0 Å². The molecule has 0 saturated heterocycles. The molecule has 6 nitrogen and oxygen atoms in total. The number of rotatable bonds is 8. The fraction of sp³-hybridized carbons (Fsp3) is 0.500. The van der Waals surface area contributed by atoms with Gasteiger partial charge in [-0.2, -0.15) is 0 Å². The highest BCUT2D eigenvalue weighted by Crippen LogP contribution is 2.12. The predicted molar refractivity (Wildman–Crippen MR) is 71.3 cm³/mol. The number of benzene rings is 1. The molecule has 1 aromatic carbocycles. The van der Waals surface area contributed by atoms with Crippen LogP contribution in [0.5, 0.6) is 0 Å². The number of nitro groups is 1. The van der Waals surface area contributed by atoms with Crippen molar-refractivity contribution in [2.24, 2.45) is 11.5 Å². The first-order valence-electron chi connectivity index (χ1n) is 6.03. The van der Waals surface area contributed by atoms with Crippen LogP contribution in [0.2, 0.25) is 0 Å². The number of non-ortho nitro benzene ring substituents is 1. The number of nitro benzene ring substituents is 1. The van der Waals surface area contributed by atoms with Gasteiger partial charge in [-0.15, -0.1) is 0 Å². The second kappa shape index (κ2) is 7.75. The number of nitrogens with one attached hydrogen (secondary N) is 1. The summed E-state index contributed by atoms with van der Waals surface area (Å²) < 4.78 is 0. The summed E-state index contributed by atoms with van der Waals surface area (Å²) in [5.41, 5.74) is 12.5. The molecular formula is C12H20N4O2. The van der Waals surface area contributed by atoms with E-state index in [1.54, 1.807) is 12.1 Å². The lowest BCUT2D eigenvalue weighted by Crippen LogP contribution is -2.36. The molecule has 1 rings (SSSR count). The molecule has 0 spiro atoms. The van der Waals surface area contributed by atoms with Crippen molar-refractivity contribution in [2.75, 3.05) is 19.6 Å². The predicted octanol–water partition coefficient (Wildman–Crippen LogP) is 0.403. The highest BCUT2D eigenvalue weighted by Gasteiger charge is 2.07. The zero-order chi connectivity index (χ0) is 13.4. The summed E-state index contributed by atoms with van der Waals surface area (Å²) in [5, 5.41) is 13.7.